The number of methoxy groups -OCH3 is 2. The Bertz CT molecular complexity index is 469. The van der Waals surface area contributed by atoms with Gasteiger partial charge in [0.25, 0.3) is 0 Å². The van der Waals surface area contributed by atoms with E-state index in [1.807, 2.05) is 23.9 Å². The summed E-state index contributed by atoms with van der Waals surface area (Å²) in [7, 11) is 3.25. The Labute approximate surface area is 130 Å². The molecule has 0 radical (unpaired) electrons. The number of nitrogens with zero attached hydrogens (tertiary/aromatic N) is 1. The van der Waals surface area contributed by atoms with E-state index in [0.717, 1.165) is 18.7 Å². The minimum Gasteiger partial charge on any atom is -0.493 e. The molecule has 0 unspecified atom stereocenters. The zero-order chi connectivity index (χ0) is 14.7. The van der Waals surface area contributed by atoms with Crippen LogP contribution in [0.5, 0.6) is 11.5 Å². The number of benzene rings is 1. The average Bonchev–Trinajstić information content (AvgIpc) is 2.45. The van der Waals surface area contributed by atoms with E-state index >= 15 is 0 Å². The molecule has 0 bridgehead atoms. The smallest absolute Gasteiger partial charge is 0.179 e. The zero-order valence-electron chi connectivity index (χ0n) is 12.5. The normalized spacial score (nSPS) is 23.6. The first-order valence-electron chi connectivity index (χ1n) is 6.83. The van der Waals surface area contributed by atoms with Crippen molar-refractivity contribution in [3.63, 3.8) is 0 Å². The van der Waals surface area contributed by atoms with Gasteiger partial charge in [0.05, 0.1) is 19.2 Å². The molecule has 0 saturated carbocycles. The highest BCUT2D eigenvalue weighted by molar-refractivity contribution is 8.00. The third-order valence-corrected chi connectivity index (χ3v) is 5.71. The van der Waals surface area contributed by atoms with Crippen LogP contribution in [0.25, 0.3) is 0 Å². The number of rotatable bonds is 4. The molecule has 0 aromatic heterocycles. The van der Waals surface area contributed by atoms with Crippen LogP contribution in [0.2, 0.25) is 5.02 Å². The monoisotopic (exact) mass is 315 g/mol. The predicted octanol–water partition coefficient (Wildman–Crippen LogP) is 3.68. The average molecular weight is 316 g/mol. The number of hydrogen-bond acceptors (Lipinski definition) is 4. The molecule has 1 saturated heterocycles. The molecule has 5 heteroatoms. The Kier molecular flexibility index (Phi) is 5.47. The molecule has 1 aromatic carbocycles. The van der Waals surface area contributed by atoms with Crippen LogP contribution in [0.15, 0.2) is 12.1 Å². The highest BCUT2D eigenvalue weighted by Crippen LogP contribution is 2.38. The highest BCUT2D eigenvalue weighted by atomic mass is 35.5. The molecule has 2 rings (SSSR count). The van der Waals surface area contributed by atoms with Gasteiger partial charge in [-0.2, -0.15) is 11.8 Å². The molecule has 1 aromatic rings. The topological polar surface area (TPSA) is 21.7 Å². The molecule has 1 aliphatic rings. The van der Waals surface area contributed by atoms with Crippen molar-refractivity contribution in [1.29, 1.82) is 0 Å². The molecule has 1 aliphatic heterocycles. The second kappa shape index (κ2) is 6.92. The maximum atomic E-state index is 6.46. The van der Waals surface area contributed by atoms with E-state index in [1.165, 1.54) is 5.75 Å². The van der Waals surface area contributed by atoms with E-state index in [0.29, 0.717) is 27.8 Å². The number of ether oxygens (including phenoxy) is 2. The predicted molar refractivity (Wildman–Crippen MR) is 86.3 cm³/mol. The molecule has 1 fully saturated rings. The van der Waals surface area contributed by atoms with E-state index in [4.69, 9.17) is 21.1 Å². The lowest BCUT2D eigenvalue weighted by atomic mass is 10.1. The zero-order valence-corrected chi connectivity index (χ0v) is 14.1. The van der Waals surface area contributed by atoms with E-state index in [1.54, 1.807) is 14.2 Å². The summed E-state index contributed by atoms with van der Waals surface area (Å²) in [6.07, 6.45) is 0. The Balaban J connectivity index is 2.21. The maximum absolute atomic E-state index is 6.46. The van der Waals surface area contributed by atoms with Crippen LogP contribution in [-0.2, 0) is 6.54 Å². The SMILES string of the molecule is COc1ccc(CN2CCS[C@H](C)[C@@H]2C)c(Cl)c1OC. The molecule has 0 spiro atoms. The van der Waals surface area contributed by atoms with Crippen molar-refractivity contribution in [2.45, 2.75) is 31.7 Å². The summed E-state index contributed by atoms with van der Waals surface area (Å²) in [5.74, 6) is 2.48. The van der Waals surface area contributed by atoms with E-state index < -0.39 is 0 Å². The van der Waals surface area contributed by atoms with Crippen LogP contribution < -0.4 is 9.47 Å². The minimum absolute atomic E-state index is 0.554. The van der Waals surface area contributed by atoms with Crippen LogP contribution in [0.3, 0.4) is 0 Å². The fourth-order valence-corrected chi connectivity index (χ4v) is 3.95. The summed E-state index contributed by atoms with van der Waals surface area (Å²) in [4.78, 5) is 2.48. The van der Waals surface area contributed by atoms with Crippen molar-refractivity contribution in [3.8, 4) is 11.5 Å². The Morgan fingerprint density at radius 2 is 2.05 bits per heavy atom. The first-order valence-corrected chi connectivity index (χ1v) is 8.26. The van der Waals surface area contributed by atoms with Crippen LogP contribution >= 0.6 is 23.4 Å². The Morgan fingerprint density at radius 1 is 1.30 bits per heavy atom. The van der Waals surface area contributed by atoms with Crippen molar-refractivity contribution in [2.24, 2.45) is 0 Å². The molecule has 20 heavy (non-hydrogen) atoms. The van der Waals surface area contributed by atoms with Crippen molar-refractivity contribution in [3.05, 3.63) is 22.7 Å². The molecule has 2 atom stereocenters. The second-order valence-corrected chi connectivity index (χ2v) is 6.92. The number of halogens is 1. The van der Waals surface area contributed by atoms with Crippen molar-refractivity contribution in [2.75, 3.05) is 26.5 Å². The van der Waals surface area contributed by atoms with Gasteiger partial charge < -0.3 is 9.47 Å². The van der Waals surface area contributed by atoms with Crippen molar-refractivity contribution < 1.29 is 9.47 Å². The highest BCUT2D eigenvalue weighted by Gasteiger charge is 2.26. The van der Waals surface area contributed by atoms with Gasteiger partial charge in [0.15, 0.2) is 11.5 Å². The fraction of sp³-hybridized carbons (Fsp3) is 0.600. The standard InChI is InChI=1S/C15H22ClNO2S/c1-10-11(2)20-8-7-17(10)9-12-5-6-13(18-3)15(19-4)14(12)16/h5-6,10-11H,7-9H2,1-4H3/t10-,11+/m0/s1. The summed E-state index contributed by atoms with van der Waals surface area (Å²) in [5.41, 5.74) is 1.09. The summed E-state index contributed by atoms with van der Waals surface area (Å²) in [5, 5.41) is 1.31. The molecule has 112 valence electrons. The van der Waals surface area contributed by atoms with Gasteiger partial charge in [-0.3, -0.25) is 4.90 Å². The van der Waals surface area contributed by atoms with E-state index in [-0.39, 0.29) is 0 Å². The lowest BCUT2D eigenvalue weighted by Gasteiger charge is -2.37. The van der Waals surface area contributed by atoms with Gasteiger partial charge in [-0.05, 0) is 18.6 Å². The van der Waals surface area contributed by atoms with Gasteiger partial charge in [0.1, 0.15) is 0 Å². The maximum Gasteiger partial charge on any atom is 0.179 e. The van der Waals surface area contributed by atoms with E-state index in [9.17, 15) is 0 Å². The summed E-state index contributed by atoms with van der Waals surface area (Å²) in [6.45, 7) is 6.52. The van der Waals surface area contributed by atoms with Gasteiger partial charge in [0, 0.05) is 30.1 Å². The molecule has 3 nitrogen and oxygen atoms in total. The van der Waals surface area contributed by atoms with Crippen molar-refractivity contribution >= 4 is 23.4 Å². The molecule has 0 aliphatic carbocycles. The molecular weight excluding hydrogens is 294 g/mol. The number of thioether (sulfide) groups is 1. The lowest BCUT2D eigenvalue weighted by Crippen LogP contribution is -2.43. The largest absolute Gasteiger partial charge is 0.493 e. The Morgan fingerprint density at radius 3 is 2.70 bits per heavy atom. The number of hydrogen-bond donors (Lipinski definition) is 0. The Hall–Kier alpha value is -0.580. The quantitative estimate of drug-likeness (QED) is 0.845. The van der Waals surface area contributed by atoms with Crippen LogP contribution in [-0.4, -0.2) is 42.7 Å². The van der Waals surface area contributed by atoms with Gasteiger partial charge >= 0.3 is 0 Å². The molecular formula is C15H22ClNO2S. The van der Waals surface area contributed by atoms with Crippen LogP contribution in [0.1, 0.15) is 19.4 Å². The van der Waals surface area contributed by atoms with Crippen LogP contribution in [0, 0.1) is 0 Å². The van der Waals surface area contributed by atoms with Crippen molar-refractivity contribution in [1.82, 2.24) is 4.90 Å². The summed E-state index contributed by atoms with van der Waals surface area (Å²) in [6, 6.07) is 4.51. The van der Waals surface area contributed by atoms with Gasteiger partial charge in [-0.15, -0.1) is 0 Å². The fourth-order valence-electron chi connectivity index (χ4n) is 2.49. The lowest BCUT2D eigenvalue weighted by molar-refractivity contribution is 0.204. The third kappa shape index (κ3) is 3.18. The van der Waals surface area contributed by atoms with Gasteiger partial charge in [-0.1, -0.05) is 24.6 Å². The molecule has 0 N–H and O–H groups in total. The van der Waals surface area contributed by atoms with Gasteiger partial charge in [0.2, 0.25) is 0 Å². The second-order valence-electron chi connectivity index (χ2n) is 5.06. The minimum atomic E-state index is 0.554. The van der Waals surface area contributed by atoms with Crippen LogP contribution in [0.4, 0.5) is 0 Å². The molecule has 0 amide bonds. The first-order chi connectivity index (χ1) is 9.58. The first kappa shape index (κ1) is 15.8. The van der Waals surface area contributed by atoms with E-state index in [2.05, 4.69) is 18.7 Å². The molecule has 1 heterocycles. The summed E-state index contributed by atoms with van der Waals surface area (Å²) >= 11 is 8.50. The third-order valence-electron chi connectivity index (χ3n) is 3.95. The van der Waals surface area contributed by atoms with Gasteiger partial charge in [-0.25, -0.2) is 0 Å². The summed E-state index contributed by atoms with van der Waals surface area (Å²) < 4.78 is 10.6.